The highest BCUT2D eigenvalue weighted by Gasteiger charge is 2.15. The number of carbonyl (C=O) groups is 1. The van der Waals surface area contributed by atoms with Crippen LogP contribution in [0.1, 0.15) is 28.9 Å². The summed E-state index contributed by atoms with van der Waals surface area (Å²) in [5, 5.41) is 3.09. The predicted molar refractivity (Wildman–Crippen MR) is 109 cm³/mol. The molecule has 4 heterocycles. The van der Waals surface area contributed by atoms with E-state index in [1.807, 2.05) is 12.1 Å². The summed E-state index contributed by atoms with van der Waals surface area (Å²) in [5.74, 6) is 0.569. The molecule has 1 saturated heterocycles. The van der Waals surface area contributed by atoms with Gasteiger partial charge in [-0.25, -0.2) is 14.8 Å². The van der Waals surface area contributed by atoms with Gasteiger partial charge in [0.25, 0.3) is 11.5 Å². The van der Waals surface area contributed by atoms with Gasteiger partial charge in [-0.05, 0) is 36.6 Å². The fourth-order valence-corrected chi connectivity index (χ4v) is 3.51. The molecule has 0 saturated carbocycles. The number of carbonyl (C=O) groups excluding carboxylic acids is 1. The second-order valence-corrected chi connectivity index (χ2v) is 7.17. The van der Waals surface area contributed by atoms with E-state index < -0.39 is 11.2 Å². The number of rotatable bonds is 4. The van der Waals surface area contributed by atoms with E-state index in [1.54, 1.807) is 6.20 Å². The Labute approximate surface area is 166 Å². The summed E-state index contributed by atoms with van der Waals surface area (Å²) in [7, 11) is 2.93. The molecule has 1 aliphatic rings. The summed E-state index contributed by atoms with van der Waals surface area (Å²) in [4.78, 5) is 47.8. The number of nitrogens with zero attached hydrogens (tertiary/aromatic N) is 5. The molecular formula is C20H22N6O3. The first-order chi connectivity index (χ1) is 14.0. The lowest BCUT2D eigenvalue weighted by atomic mass is 10.2. The van der Waals surface area contributed by atoms with Crippen molar-refractivity contribution in [3.8, 4) is 0 Å². The van der Waals surface area contributed by atoms with Crippen molar-refractivity contribution in [3.63, 3.8) is 0 Å². The Morgan fingerprint density at radius 3 is 2.52 bits per heavy atom. The maximum Gasteiger partial charge on any atom is 0.332 e. The third-order valence-corrected chi connectivity index (χ3v) is 5.23. The van der Waals surface area contributed by atoms with Gasteiger partial charge < -0.3 is 10.2 Å². The average molecular weight is 394 g/mol. The second-order valence-electron chi connectivity index (χ2n) is 7.17. The molecule has 1 aliphatic heterocycles. The van der Waals surface area contributed by atoms with Crippen LogP contribution in [0.15, 0.2) is 40.1 Å². The number of fused-ring (bicyclic) bond motifs is 1. The zero-order chi connectivity index (χ0) is 20.5. The van der Waals surface area contributed by atoms with Crippen LogP contribution in [0.25, 0.3) is 11.0 Å². The van der Waals surface area contributed by atoms with E-state index in [0.717, 1.165) is 29.0 Å². The largest absolute Gasteiger partial charge is 0.357 e. The van der Waals surface area contributed by atoms with Crippen LogP contribution in [-0.4, -0.2) is 38.1 Å². The maximum absolute atomic E-state index is 12.5. The van der Waals surface area contributed by atoms with E-state index in [2.05, 4.69) is 20.2 Å². The van der Waals surface area contributed by atoms with Crippen molar-refractivity contribution < 1.29 is 4.79 Å². The molecule has 0 atom stereocenters. The van der Waals surface area contributed by atoms with E-state index in [0.29, 0.717) is 6.54 Å². The molecule has 4 rings (SSSR count). The molecule has 1 N–H and O–H groups in total. The van der Waals surface area contributed by atoms with Gasteiger partial charge in [0, 0.05) is 39.9 Å². The molecule has 0 bridgehead atoms. The zero-order valence-electron chi connectivity index (χ0n) is 16.4. The Morgan fingerprint density at radius 1 is 1.07 bits per heavy atom. The molecule has 9 heteroatoms. The Balaban J connectivity index is 1.50. The standard InChI is InChI=1S/C20H22N6O3/c1-24-17-14(19(28)25(2)20(24)29)6-7-15(23-17)18(27)22-12-13-5-8-16(21-11-13)26-9-3-4-10-26/h5-8,11H,3-4,9-10,12H2,1-2H3,(H,22,27). The van der Waals surface area contributed by atoms with Crippen molar-refractivity contribution >= 4 is 22.8 Å². The van der Waals surface area contributed by atoms with Crippen LogP contribution in [0, 0.1) is 0 Å². The third kappa shape index (κ3) is 3.51. The maximum atomic E-state index is 12.5. The minimum Gasteiger partial charge on any atom is -0.357 e. The average Bonchev–Trinajstić information content (AvgIpc) is 3.29. The summed E-state index contributed by atoms with van der Waals surface area (Å²) < 4.78 is 2.27. The van der Waals surface area contributed by atoms with Crippen LogP contribution in [-0.2, 0) is 20.6 Å². The first-order valence-electron chi connectivity index (χ1n) is 9.50. The van der Waals surface area contributed by atoms with Crippen LogP contribution in [0.5, 0.6) is 0 Å². The van der Waals surface area contributed by atoms with Crippen LogP contribution in [0.2, 0.25) is 0 Å². The van der Waals surface area contributed by atoms with Gasteiger partial charge in [-0.2, -0.15) is 0 Å². The molecule has 150 valence electrons. The van der Waals surface area contributed by atoms with E-state index in [-0.39, 0.29) is 22.6 Å². The highest BCUT2D eigenvalue weighted by atomic mass is 16.2. The molecule has 0 spiro atoms. The Bertz CT molecular complexity index is 1190. The summed E-state index contributed by atoms with van der Waals surface area (Å²) in [6, 6.07) is 6.92. The number of anilines is 1. The molecule has 0 unspecified atom stereocenters. The normalized spacial score (nSPS) is 13.8. The van der Waals surface area contributed by atoms with Gasteiger partial charge in [-0.1, -0.05) is 6.07 Å². The highest BCUT2D eigenvalue weighted by Crippen LogP contribution is 2.17. The van der Waals surface area contributed by atoms with Gasteiger partial charge in [-0.15, -0.1) is 0 Å². The first-order valence-corrected chi connectivity index (χ1v) is 9.50. The molecule has 29 heavy (non-hydrogen) atoms. The fourth-order valence-electron chi connectivity index (χ4n) is 3.51. The first kappa shape index (κ1) is 18.9. The minimum atomic E-state index is -0.489. The lowest BCUT2D eigenvalue weighted by Crippen LogP contribution is -2.37. The van der Waals surface area contributed by atoms with Crippen molar-refractivity contribution in [1.29, 1.82) is 0 Å². The van der Waals surface area contributed by atoms with Crippen molar-refractivity contribution in [1.82, 2.24) is 24.4 Å². The molecule has 3 aromatic heterocycles. The predicted octanol–water partition coefficient (Wildman–Crippen LogP) is 0.557. The Kier molecular flexibility index (Phi) is 4.87. The van der Waals surface area contributed by atoms with Crippen molar-refractivity contribution in [2.45, 2.75) is 19.4 Å². The number of nitrogens with one attached hydrogen (secondary N) is 1. The van der Waals surface area contributed by atoms with E-state index in [1.165, 1.54) is 43.6 Å². The van der Waals surface area contributed by atoms with Gasteiger partial charge in [0.05, 0.1) is 5.39 Å². The van der Waals surface area contributed by atoms with E-state index >= 15 is 0 Å². The summed E-state index contributed by atoms with van der Waals surface area (Å²) in [6.45, 7) is 2.37. The number of amides is 1. The quantitative estimate of drug-likeness (QED) is 0.694. The smallest absolute Gasteiger partial charge is 0.332 e. The molecule has 0 aliphatic carbocycles. The summed E-state index contributed by atoms with van der Waals surface area (Å²) in [6.07, 6.45) is 4.14. The number of pyridine rings is 2. The van der Waals surface area contributed by atoms with Gasteiger partial charge >= 0.3 is 5.69 Å². The van der Waals surface area contributed by atoms with Gasteiger partial charge in [0.15, 0.2) is 0 Å². The topological polar surface area (TPSA) is 102 Å². The molecule has 3 aromatic rings. The third-order valence-electron chi connectivity index (χ3n) is 5.23. The molecule has 9 nitrogen and oxygen atoms in total. The minimum absolute atomic E-state index is 0.141. The number of hydrogen-bond donors (Lipinski definition) is 1. The highest BCUT2D eigenvalue weighted by molar-refractivity contribution is 5.94. The fraction of sp³-hybridized carbons (Fsp3) is 0.350. The molecule has 1 fully saturated rings. The van der Waals surface area contributed by atoms with E-state index in [4.69, 9.17) is 0 Å². The zero-order valence-corrected chi connectivity index (χ0v) is 16.4. The number of aryl methyl sites for hydroxylation is 1. The van der Waals surface area contributed by atoms with Crippen molar-refractivity contribution in [3.05, 3.63) is 62.6 Å². The van der Waals surface area contributed by atoms with E-state index in [9.17, 15) is 14.4 Å². The lowest BCUT2D eigenvalue weighted by molar-refractivity contribution is 0.0946. The number of aromatic nitrogens is 4. The second kappa shape index (κ2) is 7.50. The summed E-state index contributed by atoms with van der Waals surface area (Å²) >= 11 is 0. The van der Waals surface area contributed by atoms with Crippen LogP contribution in [0.3, 0.4) is 0 Å². The molecule has 1 amide bonds. The Hall–Kier alpha value is -3.49. The van der Waals surface area contributed by atoms with Crippen molar-refractivity contribution in [2.75, 3.05) is 18.0 Å². The van der Waals surface area contributed by atoms with Crippen LogP contribution < -0.4 is 21.5 Å². The Morgan fingerprint density at radius 2 is 1.83 bits per heavy atom. The van der Waals surface area contributed by atoms with Gasteiger partial charge in [-0.3, -0.25) is 18.7 Å². The van der Waals surface area contributed by atoms with Crippen molar-refractivity contribution in [2.24, 2.45) is 14.1 Å². The molecule has 0 aromatic carbocycles. The summed E-state index contributed by atoms with van der Waals surface area (Å²) in [5.41, 5.74) is 0.275. The van der Waals surface area contributed by atoms with Gasteiger partial charge in [0.2, 0.25) is 0 Å². The van der Waals surface area contributed by atoms with Gasteiger partial charge in [0.1, 0.15) is 17.2 Å². The lowest BCUT2D eigenvalue weighted by Gasteiger charge is -2.16. The van der Waals surface area contributed by atoms with Crippen LogP contribution in [0.4, 0.5) is 5.82 Å². The molecular weight excluding hydrogens is 372 g/mol. The number of hydrogen-bond acceptors (Lipinski definition) is 6. The van der Waals surface area contributed by atoms with Crippen LogP contribution >= 0.6 is 0 Å². The molecule has 0 radical (unpaired) electrons. The SMILES string of the molecule is Cn1c(=O)c2ccc(C(=O)NCc3ccc(N4CCCC4)nc3)nc2n(C)c1=O. The monoisotopic (exact) mass is 394 g/mol.